The Morgan fingerprint density at radius 2 is 2.16 bits per heavy atom. The summed E-state index contributed by atoms with van der Waals surface area (Å²) in [6.07, 6.45) is 2.83. The molecule has 1 aliphatic rings. The van der Waals surface area contributed by atoms with Crippen LogP contribution in [0.25, 0.3) is 0 Å². The van der Waals surface area contributed by atoms with E-state index in [4.69, 9.17) is 4.74 Å². The summed E-state index contributed by atoms with van der Waals surface area (Å²) in [5, 5.41) is 9.19. The molecule has 0 aliphatic carbocycles. The lowest BCUT2D eigenvalue weighted by molar-refractivity contribution is -0.134. The topological polar surface area (TPSA) is 49.8 Å². The van der Waals surface area contributed by atoms with Crippen molar-refractivity contribution < 1.29 is 14.6 Å². The Labute approximate surface area is 114 Å². The lowest BCUT2D eigenvalue weighted by Gasteiger charge is -2.22. The Morgan fingerprint density at radius 1 is 1.42 bits per heavy atom. The summed E-state index contributed by atoms with van der Waals surface area (Å²) < 4.78 is 5.50. The van der Waals surface area contributed by atoms with E-state index in [-0.39, 0.29) is 25.2 Å². The zero-order valence-corrected chi connectivity index (χ0v) is 11.3. The highest BCUT2D eigenvalue weighted by Crippen LogP contribution is 2.17. The number of hydrogen-bond acceptors (Lipinski definition) is 3. The van der Waals surface area contributed by atoms with E-state index in [9.17, 15) is 9.90 Å². The number of carbonyl (C=O) groups is 1. The van der Waals surface area contributed by atoms with Gasteiger partial charge in [0.15, 0.2) is 6.61 Å². The van der Waals surface area contributed by atoms with E-state index < -0.39 is 0 Å². The third-order valence-electron chi connectivity index (χ3n) is 3.60. The van der Waals surface area contributed by atoms with E-state index in [0.29, 0.717) is 5.75 Å². The molecule has 1 aromatic rings. The molecule has 0 saturated carbocycles. The molecule has 19 heavy (non-hydrogen) atoms. The summed E-state index contributed by atoms with van der Waals surface area (Å²) in [7, 11) is 0. The zero-order chi connectivity index (χ0) is 13.7. The molecule has 2 rings (SSSR count). The number of hydrogen-bond donors (Lipinski definition) is 1. The largest absolute Gasteiger partial charge is 0.484 e. The number of nitrogens with zero attached hydrogens (tertiary/aromatic N) is 1. The SMILES string of the molecule is CCc1ccc(OCC(=O)N2CCC[C@@H]2CO)cc1. The van der Waals surface area contributed by atoms with Crippen molar-refractivity contribution in [2.45, 2.75) is 32.2 Å². The van der Waals surface area contributed by atoms with Crippen LogP contribution in [0.5, 0.6) is 5.75 Å². The molecule has 0 radical (unpaired) electrons. The molecule has 0 aromatic heterocycles. The van der Waals surface area contributed by atoms with Crippen LogP contribution in [0.4, 0.5) is 0 Å². The van der Waals surface area contributed by atoms with Crippen molar-refractivity contribution in [1.82, 2.24) is 4.90 Å². The molecule has 104 valence electrons. The lowest BCUT2D eigenvalue weighted by Crippen LogP contribution is -2.40. The van der Waals surface area contributed by atoms with Gasteiger partial charge in [-0.3, -0.25) is 4.79 Å². The van der Waals surface area contributed by atoms with Crippen molar-refractivity contribution in [2.75, 3.05) is 19.8 Å². The fourth-order valence-corrected chi connectivity index (χ4v) is 2.40. The molecule has 1 saturated heterocycles. The number of benzene rings is 1. The monoisotopic (exact) mass is 263 g/mol. The Hall–Kier alpha value is -1.55. The molecule has 4 heteroatoms. The summed E-state index contributed by atoms with van der Waals surface area (Å²) in [6.45, 7) is 2.91. The van der Waals surface area contributed by atoms with Crippen molar-refractivity contribution in [3.8, 4) is 5.75 Å². The molecule has 1 heterocycles. The maximum absolute atomic E-state index is 12.0. The molecular weight excluding hydrogens is 242 g/mol. The van der Waals surface area contributed by atoms with Crippen LogP contribution in [0.1, 0.15) is 25.3 Å². The Bertz CT molecular complexity index is 416. The fraction of sp³-hybridized carbons (Fsp3) is 0.533. The molecule has 0 unspecified atom stereocenters. The Balaban J connectivity index is 1.85. The molecule has 1 N–H and O–H groups in total. The minimum absolute atomic E-state index is 0.0291. The maximum Gasteiger partial charge on any atom is 0.260 e. The van der Waals surface area contributed by atoms with E-state index in [1.807, 2.05) is 24.3 Å². The number of aliphatic hydroxyl groups excluding tert-OH is 1. The highest BCUT2D eigenvalue weighted by Gasteiger charge is 2.27. The predicted molar refractivity (Wildman–Crippen MR) is 73.1 cm³/mol. The number of carbonyl (C=O) groups excluding carboxylic acids is 1. The lowest BCUT2D eigenvalue weighted by atomic mass is 10.2. The number of aliphatic hydroxyl groups is 1. The van der Waals surface area contributed by atoms with E-state index in [2.05, 4.69) is 6.92 Å². The van der Waals surface area contributed by atoms with Crippen molar-refractivity contribution >= 4 is 5.91 Å². The second-order valence-corrected chi connectivity index (χ2v) is 4.85. The summed E-state index contributed by atoms with van der Waals surface area (Å²) in [5.74, 6) is 0.668. The number of likely N-dealkylation sites (tertiary alicyclic amines) is 1. The first-order valence-electron chi connectivity index (χ1n) is 6.86. The quantitative estimate of drug-likeness (QED) is 0.878. The highest BCUT2D eigenvalue weighted by atomic mass is 16.5. The van der Waals surface area contributed by atoms with Gasteiger partial charge in [0.05, 0.1) is 12.6 Å². The van der Waals surface area contributed by atoms with Gasteiger partial charge < -0.3 is 14.7 Å². The first-order chi connectivity index (χ1) is 9.24. The van der Waals surface area contributed by atoms with Crippen LogP contribution < -0.4 is 4.74 Å². The van der Waals surface area contributed by atoms with Crippen LogP contribution in [0.15, 0.2) is 24.3 Å². The fourth-order valence-electron chi connectivity index (χ4n) is 2.40. The van der Waals surface area contributed by atoms with Crippen LogP contribution in [0, 0.1) is 0 Å². The summed E-state index contributed by atoms with van der Waals surface area (Å²) >= 11 is 0. The average Bonchev–Trinajstić information content (AvgIpc) is 2.93. The molecule has 0 bridgehead atoms. The van der Waals surface area contributed by atoms with Crippen LogP contribution in [-0.2, 0) is 11.2 Å². The van der Waals surface area contributed by atoms with Gasteiger partial charge in [0.25, 0.3) is 5.91 Å². The van der Waals surface area contributed by atoms with E-state index in [0.717, 1.165) is 25.8 Å². The summed E-state index contributed by atoms with van der Waals surface area (Å²) in [5.41, 5.74) is 1.25. The predicted octanol–water partition coefficient (Wildman–Crippen LogP) is 1.61. The van der Waals surface area contributed by atoms with Gasteiger partial charge in [-0.15, -0.1) is 0 Å². The molecule has 1 aliphatic heterocycles. The molecule has 1 fully saturated rings. The molecule has 1 amide bonds. The minimum Gasteiger partial charge on any atom is -0.484 e. The molecule has 4 nitrogen and oxygen atoms in total. The van der Waals surface area contributed by atoms with Crippen LogP contribution >= 0.6 is 0 Å². The Kier molecular flexibility index (Phi) is 4.80. The standard InChI is InChI=1S/C15H21NO3/c1-2-12-5-7-14(8-6-12)19-11-15(18)16-9-3-4-13(16)10-17/h5-8,13,17H,2-4,9-11H2,1H3/t13-/m1/s1. The van der Waals surface area contributed by atoms with Crippen LogP contribution in [-0.4, -0.2) is 41.7 Å². The van der Waals surface area contributed by atoms with E-state index in [1.165, 1.54) is 5.56 Å². The van der Waals surface area contributed by atoms with Crippen molar-refractivity contribution in [1.29, 1.82) is 0 Å². The van der Waals surface area contributed by atoms with Gasteiger partial charge in [-0.1, -0.05) is 19.1 Å². The Morgan fingerprint density at radius 3 is 2.79 bits per heavy atom. The van der Waals surface area contributed by atoms with E-state index in [1.54, 1.807) is 4.90 Å². The van der Waals surface area contributed by atoms with Crippen LogP contribution in [0.3, 0.4) is 0 Å². The van der Waals surface area contributed by atoms with Crippen molar-refractivity contribution in [3.63, 3.8) is 0 Å². The molecule has 0 spiro atoms. The van der Waals surface area contributed by atoms with Gasteiger partial charge in [-0.05, 0) is 37.0 Å². The second-order valence-electron chi connectivity index (χ2n) is 4.85. The first kappa shape index (κ1) is 13.9. The molecule has 1 aromatic carbocycles. The minimum atomic E-state index is -0.0453. The van der Waals surface area contributed by atoms with E-state index >= 15 is 0 Å². The zero-order valence-electron chi connectivity index (χ0n) is 11.3. The normalized spacial score (nSPS) is 18.6. The van der Waals surface area contributed by atoms with Gasteiger partial charge in [-0.2, -0.15) is 0 Å². The van der Waals surface area contributed by atoms with Gasteiger partial charge in [0.1, 0.15) is 5.75 Å². The van der Waals surface area contributed by atoms with Crippen molar-refractivity contribution in [2.24, 2.45) is 0 Å². The van der Waals surface area contributed by atoms with Gasteiger partial charge in [0, 0.05) is 6.54 Å². The molecular formula is C15H21NO3. The third-order valence-corrected chi connectivity index (χ3v) is 3.60. The summed E-state index contributed by atoms with van der Waals surface area (Å²) in [6, 6.07) is 7.76. The first-order valence-corrected chi connectivity index (χ1v) is 6.86. The highest BCUT2D eigenvalue weighted by molar-refractivity contribution is 5.78. The molecule has 1 atom stereocenters. The third kappa shape index (κ3) is 3.47. The average molecular weight is 263 g/mol. The maximum atomic E-state index is 12.0. The van der Waals surface area contributed by atoms with Crippen molar-refractivity contribution in [3.05, 3.63) is 29.8 Å². The van der Waals surface area contributed by atoms with Gasteiger partial charge in [-0.25, -0.2) is 0 Å². The summed E-state index contributed by atoms with van der Waals surface area (Å²) in [4.78, 5) is 13.7. The van der Waals surface area contributed by atoms with Crippen LogP contribution in [0.2, 0.25) is 0 Å². The number of rotatable bonds is 5. The number of amides is 1. The van der Waals surface area contributed by atoms with Gasteiger partial charge in [0.2, 0.25) is 0 Å². The van der Waals surface area contributed by atoms with Gasteiger partial charge >= 0.3 is 0 Å². The number of ether oxygens (including phenoxy) is 1. The number of aryl methyl sites for hydroxylation is 1. The second kappa shape index (κ2) is 6.57. The smallest absolute Gasteiger partial charge is 0.260 e.